The molecule has 13 rings (SSSR count). The average Bonchev–Trinajstić information content (AvgIpc) is 3.98. The van der Waals surface area contributed by atoms with Crippen molar-refractivity contribution in [1.82, 2.24) is 24.5 Å². The molecule has 0 aliphatic rings. The Kier molecular flexibility index (Phi) is 9.39. The van der Waals surface area contributed by atoms with Gasteiger partial charge in [-0.25, -0.2) is 15.0 Å². The quantitative estimate of drug-likeness (QED) is 0.152. The molecular formula is C62H39N5O. The summed E-state index contributed by atoms with van der Waals surface area (Å²) in [7, 11) is 0. The zero-order chi connectivity index (χ0) is 45.0. The monoisotopic (exact) mass is 869 g/mol. The van der Waals surface area contributed by atoms with Gasteiger partial charge in [0, 0.05) is 61.2 Å². The summed E-state index contributed by atoms with van der Waals surface area (Å²) in [5.41, 5.74) is 15.4. The molecule has 0 fully saturated rings. The lowest BCUT2D eigenvalue weighted by molar-refractivity contribution is 0.671. The predicted molar refractivity (Wildman–Crippen MR) is 277 cm³/mol. The Morgan fingerprint density at radius 3 is 1.51 bits per heavy atom. The van der Waals surface area contributed by atoms with Crippen LogP contribution in [0.2, 0.25) is 0 Å². The van der Waals surface area contributed by atoms with Gasteiger partial charge in [-0.15, -0.1) is 0 Å². The Morgan fingerprint density at radius 1 is 0.368 bits per heavy atom. The molecule has 0 saturated heterocycles. The minimum absolute atomic E-state index is 0.511. The predicted octanol–water partition coefficient (Wildman–Crippen LogP) is 15.9. The number of benzene rings is 9. The number of hydrogen-bond donors (Lipinski definition) is 0. The first kappa shape index (κ1) is 39.1. The van der Waals surface area contributed by atoms with Crippen LogP contribution in [-0.4, -0.2) is 24.5 Å². The molecule has 0 bridgehead atoms. The van der Waals surface area contributed by atoms with Crippen molar-refractivity contribution in [3.63, 3.8) is 0 Å². The van der Waals surface area contributed by atoms with Crippen LogP contribution in [0.25, 0.3) is 128 Å². The minimum Gasteiger partial charge on any atom is -0.454 e. The molecule has 13 aromatic rings. The first-order valence-electron chi connectivity index (χ1n) is 22.8. The zero-order valence-electron chi connectivity index (χ0n) is 36.7. The van der Waals surface area contributed by atoms with Crippen LogP contribution in [0.4, 0.5) is 0 Å². The number of furan rings is 1. The molecule has 0 radical (unpaired) electrons. The number of fused-ring (bicyclic) bond motifs is 7. The summed E-state index contributed by atoms with van der Waals surface area (Å²) < 4.78 is 9.37. The summed E-state index contributed by atoms with van der Waals surface area (Å²) in [4.78, 5) is 21.3. The molecule has 0 N–H and O–H groups in total. The van der Waals surface area contributed by atoms with Gasteiger partial charge in [-0.3, -0.25) is 4.98 Å². The Labute approximate surface area is 392 Å². The fourth-order valence-corrected chi connectivity index (χ4v) is 9.87. The van der Waals surface area contributed by atoms with Crippen LogP contribution >= 0.6 is 0 Å². The lowest BCUT2D eigenvalue weighted by Gasteiger charge is -2.18. The molecule has 318 valence electrons. The smallest absolute Gasteiger partial charge is 0.166 e. The lowest BCUT2D eigenvalue weighted by atomic mass is 9.87. The molecule has 6 nitrogen and oxygen atoms in total. The molecule has 4 heterocycles. The number of hydrogen-bond acceptors (Lipinski definition) is 5. The van der Waals surface area contributed by atoms with Crippen LogP contribution in [0.3, 0.4) is 0 Å². The Balaban J connectivity index is 1.12. The van der Waals surface area contributed by atoms with E-state index in [1.165, 1.54) is 0 Å². The molecule has 0 aliphatic heterocycles. The SMILES string of the molecule is c1ccc(-c2nc(-c3ccccc3)nc(-c3cc(-c4c(-c5ccccc5)cccc4-c4ccccc4)cnc3-c3cccc4oc5c(ccc6c7ccccc7n(-c7ccccc7)c65)c34)n2)cc1. The van der Waals surface area contributed by atoms with Crippen molar-refractivity contribution >= 4 is 43.7 Å². The second-order valence-corrected chi connectivity index (χ2v) is 16.9. The summed E-state index contributed by atoms with van der Waals surface area (Å²) in [6.45, 7) is 0. The topological polar surface area (TPSA) is 69.6 Å². The van der Waals surface area contributed by atoms with Crippen molar-refractivity contribution in [3.05, 3.63) is 237 Å². The van der Waals surface area contributed by atoms with E-state index in [9.17, 15) is 0 Å². The van der Waals surface area contributed by atoms with E-state index in [1.807, 2.05) is 66.9 Å². The van der Waals surface area contributed by atoms with Crippen molar-refractivity contribution in [2.45, 2.75) is 0 Å². The van der Waals surface area contributed by atoms with Crippen LogP contribution in [-0.2, 0) is 0 Å². The number of pyridine rings is 1. The normalized spacial score (nSPS) is 11.5. The molecule has 0 aliphatic carbocycles. The highest BCUT2D eigenvalue weighted by Crippen LogP contribution is 2.46. The Morgan fingerprint density at radius 2 is 0.882 bits per heavy atom. The van der Waals surface area contributed by atoms with Gasteiger partial charge in [0.1, 0.15) is 5.58 Å². The van der Waals surface area contributed by atoms with E-state index in [2.05, 4.69) is 174 Å². The van der Waals surface area contributed by atoms with Gasteiger partial charge in [-0.2, -0.15) is 0 Å². The number of nitrogens with zero attached hydrogens (tertiary/aromatic N) is 5. The van der Waals surface area contributed by atoms with Crippen LogP contribution in [0.1, 0.15) is 0 Å². The number of rotatable bonds is 8. The molecule has 0 unspecified atom stereocenters. The van der Waals surface area contributed by atoms with Crippen molar-refractivity contribution in [3.8, 4) is 84.5 Å². The highest BCUT2D eigenvalue weighted by atomic mass is 16.3. The van der Waals surface area contributed by atoms with Crippen molar-refractivity contribution in [2.75, 3.05) is 0 Å². The van der Waals surface area contributed by atoms with Gasteiger partial charge in [0.25, 0.3) is 0 Å². The summed E-state index contributed by atoms with van der Waals surface area (Å²) in [5.74, 6) is 1.66. The van der Waals surface area contributed by atoms with Crippen LogP contribution in [0.15, 0.2) is 241 Å². The van der Waals surface area contributed by atoms with Gasteiger partial charge in [0.05, 0.1) is 16.7 Å². The minimum atomic E-state index is 0.511. The fraction of sp³-hybridized carbons (Fsp3) is 0. The summed E-state index contributed by atoms with van der Waals surface area (Å²) in [6, 6.07) is 79.9. The fourth-order valence-electron chi connectivity index (χ4n) is 9.87. The van der Waals surface area contributed by atoms with Crippen molar-refractivity contribution < 1.29 is 4.42 Å². The second kappa shape index (κ2) is 16.3. The summed E-state index contributed by atoms with van der Waals surface area (Å²) in [5, 5.41) is 4.24. The van der Waals surface area contributed by atoms with Gasteiger partial charge in [0.2, 0.25) is 0 Å². The van der Waals surface area contributed by atoms with E-state index in [0.717, 1.165) is 111 Å². The van der Waals surface area contributed by atoms with E-state index < -0.39 is 0 Å². The van der Waals surface area contributed by atoms with Gasteiger partial charge < -0.3 is 8.98 Å². The number of para-hydroxylation sites is 2. The van der Waals surface area contributed by atoms with Crippen LogP contribution < -0.4 is 0 Å². The van der Waals surface area contributed by atoms with Gasteiger partial charge >= 0.3 is 0 Å². The third-order valence-corrected chi connectivity index (χ3v) is 12.9. The molecule has 0 amide bonds. The highest BCUT2D eigenvalue weighted by Gasteiger charge is 2.25. The zero-order valence-corrected chi connectivity index (χ0v) is 36.7. The number of aromatic nitrogens is 5. The average molecular weight is 870 g/mol. The second-order valence-electron chi connectivity index (χ2n) is 16.9. The lowest BCUT2D eigenvalue weighted by Crippen LogP contribution is -2.02. The molecule has 9 aromatic carbocycles. The molecule has 0 saturated carbocycles. The van der Waals surface area contributed by atoms with Crippen LogP contribution in [0.5, 0.6) is 0 Å². The molecule has 0 spiro atoms. The third kappa shape index (κ3) is 6.58. The van der Waals surface area contributed by atoms with E-state index in [4.69, 9.17) is 24.4 Å². The molecule has 6 heteroatoms. The first-order chi connectivity index (χ1) is 33.7. The van der Waals surface area contributed by atoms with E-state index in [1.54, 1.807) is 0 Å². The molecule has 4 aromatic heterocycles. The van der Waals surface area contributed by atoms with E-state index in [0.29, 0.717) is 17.5 Å². The van der Waals surface area contributed by atoms with E-state index in [-0.39, 0.29) is 0 Å². The van der Waals surface area contributed by atoms with Gasteiger partial charge in [-0.05, 0) is 64.2 Å². The van der Waals surface area contributed by atoms with Crippen molar-refractivity contribution in [1.29, 1.82) is 0 Å². The summed E-state index contributed by atoms with van der Waals surface area (Å²) >= 11 is 0. The Hall–Kier alpha value is -9.26. The standard InChI is InChI=1S/C62H39N5O/c1-6-20-40(21-7-1)46-31-18-32-47(41-22-8-2-9-23-41)55(46)44-38-52(62-65-60(42-24-10-3-11-25-42)64-61(66-62)43-26-12-4-13-27-43)57(63-39-44)50-33-19-35-54-56(50)51-37-36-49-48-30-16-17-34-53(48)67(58(49)59(51)68-54)45-28-14-5-15-29-45/h1-39H. The first-order valence-corrected chi connectivity index (χ1v) is 22.8. The highest BCUT2D eigenvalue weighted by molar-refractivity contribution is 6.23. The molecule has 0 atom stereocenters. The Bertz CT molecular complexity index is 3880. The van der Waals surface area contributed by atoms with E-state index >= 15 is 0 Å². The largest absolute Gasteiger partial charge is 0.454 e. The van der Waals surface area contributed by atoms with Gasteiger partial charge in [-0.1, -0.05) is 194 Å². The maximum atomic E-state index is 7.05. The maximum absolute atomic E-state index is 7.05. The van der Waals surface area contributed by atoms with Gasteiger partial charge in [0.15, 0.2) is 23.1 Å². The molecular weight excluding hydrogens is 831 g/mol. The third-order valence-electron chi connectivity index (χ3n) is 12.9. The molecule has 68 heavy (non-hydrogen) atoms. The summed E-state index contributed by atoms with van der Waals surface area (Å²) in [6.07, 6.45) is 2.01. The maximum Gasteiger partial charge on any atom is 0.166 e. The van der Waals surface area contributed by atoms with Crippen LogP contribution in [0, 0.1) is 0 Å². The van der Waals surface area contributed by atoms with Crippen molar-refractivity contribution in [2.24, 2.45) is 0 Å².